The van der Waals surface area contributed by atoms with E-state index in [1.54, 1.807) is 0 Å². The van der Waals surface area contributed by atoms with Crippen LogP contribution in [0, 0.1) is 10.8 Å². The number of aliphatic carboxylic acids is 1. The number of carboxylic acids is 1. The van der Waals surface area contributed by atoms with Crippen LogP contribution in [0.2, 0.25) is 0 Å². The molecule has 2 rings (SSSR count). The van der Waals surface area contributed by atoms with Gasteiger partial charge in [0.25, 0.3) is 0 Å². The lowest BCUT2D eigenvalue weighted by atomic mass is 9.65. The Morgan fingerprint density at radius 2 is 1.89 bits per heavy atom. The van der Waals surface area contributed by atoms with Gasteiger partial charge in [-0.1, -0.05) is 20.8 Å². The van der Waals surface area contributed by atoms with Gasteiger partial charge in [0.1, 0.15) is 0 Å². The number of carboxylic acid groups (broad SMARTS) is 1. The minimum Gasteiger partial charge on any atom is -0.481 e. The highest BCUT2D eigenvalue weighted by molar-refractivity contribution is 5.77. The summed E-state index contributed by atoms with van der Waals surface area (Å²) in [4.78, 5) is 24.8. The predicted molar refractivity (Wildman–Crippen MR) is 72.7 cm³/mol. The van der Waals surface area contributed by atoms with Crippen molar-refractivity contribution in [2.45, 2.75) is 65.3 Å². The average molecular weight is 267 g/mol. The normalized spacial score (nSPS) is 32.4. The third-order valence-electron chi connectivity index (χ3n) is 4.52. The summed E-state index contributed by atoms with van der Waals surface area (Å²) in [6.07, 6.45) is 4.29. The maximum absolute atomic E-state index is 12.3. The fourth-order valence-electron chi connectivity index (χ4n) is 4.29. The first kappa shape index (κ1) is 14.4. The van der Waals surface area contributed by atoms with Crippen molar-refractivity contribution in [1.82, 2.24) is 4.90 Å². The fraction of sp³-hybridized carbons (Fsp3) is 0.867. The lowest BCUT2D eigenvalue weighted by molar-refractivity contribution is -0.137. The molecule has 2 fully saturated rings. The summed E-state index contributed by atoms with van der Waals surface area (Å²) in [5.74, 6) is -0.672. The summed E-state index contributed by atoms with van der Waals surface area (Å²) in [5.41, 5.74) is 0.572. The standard InChI is InChI=1S/C15H25NO3/c1-14(2)7-11-8-15(3,9-14)10-16(11)12(17)5-4-6-13(18)19/h11H,4-10H2,1-3H3,(H,18,19). The zero-order valence-electron chi connectivity index (χ0n) is 12.2. The molecule has 2 aliphatic rings. The second-order valence-electron chi connectivity index (χ2n) is 7.48. The number of hydrogen-bond acceptors (Lipinski definition) is 2. The van der Waals surface area contributed by atoms with Crippen molar-refractivity contribution in [2.24, 2.45) is 10.8 Å². The molecule has 108 valence electrons. The molecule has 2 unspecified atom stereocenters. The molecular formula is C15H25NO3. The van der Waals surface area contributed by atoms with Gasteiger partial charge in [0.2, 0.25) is 5.91 Å². The zero-order chi connectivity index (χ0) is 14.3. The second kappa shape index (κ2) is 4.80. The van der Waals surface area contributed by atoms with Gasteiger partial charge in [0, 0.05) is 25.4 Å². The van der Waals surface area contributed by atoms with Crippen LogP contribution in [0.3, 0.4) is 0 Å². The summed E-state index contributed by atoms with van der Waals surface area (Å²) in [6.45, 7) is 7.71. The van der Waals surface area contributed by atoms with E-state index in [1.807, 2.05) is 4.90 Å². The molecule has 1 N–H and O–H groups in total. The van der Waals surface area contributed by atoms with Crippen molar-refractivity contribution in [3.63, 3.8) is 0 Å². The van der Waals surface area contributed by atoms with Crippen LogP contribution in [-0.4, -0.2) is 34.5 Å². The highest BCUT2D eigenvalue weighted by Gasteiger charge is 2.50. The van der Waals surface area contributed by atoms with E-state index in [-0.39, 0.29) is 17.7 Å². The molecule has 1 saturated heterocycles. The second-order valence-corrected chi connectivity index (χ2v) is 7.48. The van der Waals surface area contributed by atoms with Crippen LogP contribution in [-0.2, 0) is 9.59 Å². The quantitative estimate of drug-likeness (QED) is 0.852. The maximum Gasteiger partial charge on any atom is 0.303 e. The Balaban J connectivity index is 1.95. The molecule has 0 aromatic heterocycles. The number of nitrogens with zero attached hydrogens (tertiary/aromatic N) is 1. The Kier molecular flexibility index (Phi) is 3.63. The molecule has 0 aromatic rings. The van der Waals surface area contributed by atoms with E-state index < -0.39 is 5.97 Å². The van der Waals surface area contributed by atoms with Gasteiger partial charge in [-0.3, -0.25) is 9.59 Å². The number of fused-ring (bicyclic) bond motifs is 2. The summed E-state index contributed by atoms with van der Waals surface area (Å²) < 4.78 is 0. The first-order valence-electron chi connectivity index (χ1n) is 7.22. The number of rotatable bonds is 4. The smallest absolute Gasteiger partial charge is 0.303 e. The van der Waals surface area contributed by atoms with Gasteiger partial charge >= 0.3 is 5.97 Å². The van der Waals surface area contributed by atoms with E-state index in [4.69, 9.17) is 5.11 Å². The van der Waals surface area contributed by atoms with Gasteiger partial charge in [-0.15, -0.1) is 0 Å². The Hall–Kier alpha value is -1.06. The van der Waals surface area contributed by atoms with Gasteiger partial charge in [-0.25, -0.2) is 0 Å². The van der Waals surface area contributed by atoms with Gasteiger partial charge < -0.3 is 10.0 Å². The molecule has 1 saturated carbocycles. The Morgan fingerprint density at radius 3 is 2.53 bits per heavy atom. The Labute approximate surface area is 115 Å². The molecule has 1 aliphatic carbocycles. The minimum absolute atomic E-state index is 0.0903. The first-order chi connectivity index (χ1) is 8.71. The van der Waals surface area contributed by atoms with E-state index in [2.05, 4.69) is 20.8 Å². The molecule has 2 bridgehead atoms. The van der Waals surface area contributed by atoms with E-state index >= 15 is 0 Å². The van der Waals surface area contributed by atoms with Crippen LogP contribution in [0.25, 0.3) is 0 Å². The van der Waals surface area contributed by atoms with Crippen molar-refractivity contribution in [3.8, 4) is 0 Å². The van der Waals surface area contributed by atoms with Gasteiger partial charge in [-0.05, 0) is 36.5 Å². The lowest BCUT2D eigenvalue weighted by Crippen LogP contribution is -2.37. The molecule has 1 heterocycles. The molecule has 0 spiro atoms. The molecule has 1 aliphatic heterocycles. The van der Waals surface area contributed by atoms with Gasteiger partial charge in [0.15, 0.2) is 0 Å². The third-order valence-corrected chi connectivity index (χ3v) is 4.52. The number of likely N-dealkylation sites (tertiary alicyclic amines) is 1. The van der Waals surface area contributed by atoms with E-state index in [1.165, 1.54) is 6.42 Å². The molecule has 19 heavy (non-hydrogen) atoms. The molecule has 0 aromatic carbocycles. The van der Waals surface area contributed by atoms with E-state index in [0.717, 1.165) is 19.4 Å². The van der Waals surface area contributed by atoms with E-state index in [0.29, 0.717) is 24.3 Å². The van der Waals surface area contributed by atoms with Crippen LogP contribution in [0.5, 0.6) is 0 Å². The number of amides is 1. The fourth-order valence-corrected chi connectivity index (χ4v) is 4.29. The van der Waals surface area contributed by atoms with Crippen molar-refractivity contribution in [2.75, 3.05) is 6.54 Å². The van der Waals surface area contributed by atoms with Gasteiger partial charge in [-0.2, -0.15) is 0 Å². The maximum atomic E-state index is 12.3. The summed E-state index contributed by atoms with van der Waals surface area (Å²) in [6, 6.07) is 0.367. The molecule has 2 atom stereocenters. The third kappa shape index (κ3) is 3.28. The minimum atomic E-state index is -0.818. The largest absolute Gasteiger partial charge is 0.481 e. The number of carbonyl (C=O) groups excluding carboxylic acids is 1. The highest BCUT2D eigenvalue weighted by atomic mass is 16.4. The first-order valence-corrected chi connectivity index (χ1v) is 7.22. The number of carbonyl (C=O) groups is 2. The van der Waals surface area contributed by atoms with Crippen molar-refractivity contribution < 1.29 is 14.7 Å². The SMILES string of the molecule is CC1(C)CC2CC(C)(CN2C(=O)CCCC(=O)O)C1. The average Bonchev–Trinajstić information content (AvgIpc) is 2.47. The summed E-state index contributed by atoms with van der Waals surface area (Å²) in [5, 5.41) is 8.63. The van der Waals surface area contributed by atoms with Crippen LogP contribution in [0.1, 0.15) is 59.3 Å². The zero-order valence-corrected chi connectivity index (χ0v) is 12.2. The van der Waals surface area contributed by atoms with Crippen molar-refractivity contribution in [3.05, 3.63) is 0 Å². The Bertz CT molecular complexity index is 391. The number of hydrogen-bond donors (Lipinski definition) is 1. The molecular weight excluding hydrogens is 242 g/mol. The van der Waals surface area contributed by atoms with Crippen molar-refractivity contribution in [1.29, 1.82) is 0 Å². The highest BCUT2D eigenvalue weighted by Crippen LogP contribution is 2.52. The molecule has 4 nitrogen and oxygen atoms in total. The van der Waals surface area contributed by atoms with Crippen LogP contribution >= 0.6 is 0 Å². The molecule has 4 heteroatoms. The summed E-state index contributed by atoms with van der Waals surface area (Å²) in [7, 11) is 0. The summed E-state index contributed by atoms with van der Waals surface area (Å²) >= 11 is 0. The Morgan fingerprint density at radius 1 is 1.21 bits per heavy atom. The van der Waals surface area contributed by atoms with Crippen LogP contribution < -0.4 is 0 Å². The predicted octanol–water partition coefficient (Wildman–Crippen LogP) is 2.67. The lowest BCUT2D eigenvalue weighted by Gasteiger charge is -2.39. The van der Waals surface area contributed by atoms with E-state index in [9.17, 15) is 9.59 Å². The topological polar surface area (TPSA) is 57.6 Å². The molecule has 1 amide bonds. The van der Waals surface area contributed by atoms with Crippen molar-refractivity contribution >= 4 is 11.9 Å². The van der Waals surface area contributed by atoms with Gasteiger partial charge in [0.05, 0.1) is 0 Å². The monoisotopic (exact) mass is 267 g/mol. The van der Waals surface area contributed by atoms with Crippen LogP contribution in [0.15, 0.2) is 0 Å². The van der Waals surface area contributed by atoms with Crippen LogP contribution in [0.4, 0.5) is 0 Å². The molecule has 0 radical (unpaired) electrons.